The minimum atomic E-state index is -1.12. The first kappa shape index (κ1) is 27.3. The van der Waals surface area contributed by atoms with Crippen molar-refractivity contribution in [1.29, 1.82) is 0 Å². The summed E-state index contributed by atoms with van der Waals surface area (Å²) in [6.45, 7) is 6.16. The number of nitrogens with zero attached hydrogens (tertiary/aromatic N) is 1. The number of carbonyl (C=O) groups excluding carboxylic acids is 3. The van der Waals surface area contributed by atoms with Gasteiger partial charge in [-0.1, -0.05) is 18.2 Å². The molecule has 9 nitrogen and oxygen atoms in total. The fourth-order valence-corrected chi connectivity index (χ4v) is 4.48. The third kappa shape index (κ3) is 5.43. The van der Waals surface area contributed by atoms with Crippen LogP contribution in [0.1, 0.15) is 48.3 Å². The molecule has 9 heteroatoms. The number of hydrogen-bond donors (Lipinski definition) is 2. The number of aliphatic hydroxyl groups is 1. The number of Topliss-reactive ketones (excluding diaryl/α,β-unsaturated/α-hetero) is 1. The van der Waals surface area contributed by atoms with E-state index in [1.54, 1.807) is 56.3 Å². The number of benzene rings is 3. The highest BCUT2D eigenvalue weighted by molar-refractivity contribution is 6.51. The number of aliphatic hydroxyl groups excluding tert-OH is 1. The van der Waals surface area contributed by atoms with E-state index in [1.165, 1.54) is 29.2 Å². The molecule has 1 saturated heterocycles. The molecule has 2 N–H and O–H groups in total. The van der Waals surface area contributed by atoms with Crippen molar-refractivity contribution < 1.29 is 38.8 Å². The molecule has 0 spiro atoms. The minimum absolute atomic E-state index is 0.0885. The standard InChI is InChI=1S/C30H29NO8/c1-4-37-22-13-14-23(24(17-22)38-5-2)27(33)25-26(18-9-8-12-21(32)16-18)31(29(35)28(25)34)20-11-7-10-19(15-20)30(36)39-6-3/h7-17,26,32-33H,4-6H2,1-3H3/b27-25-. The number of rotatable bonds is 9. The maximum atomic E-state index is 13.5. The van der Waals surface area contributed by atoms with Crippen LogP contribution in [0.5, 0.6) is 17.2 Å². The number of anilines is 1. The molecule has 0 aromatic heterocycles. The van der Waals surface area contributed by atoms with E-state index in [0.717, 1.165) is 0 Å². The second-order valence-electron chi connectivity index (χ2n) is 8.56. The number of ether oxygens (including phenoxy) is 3. The van der Waals surface area contributed by atoms with E-state index in [2.05, 4.69) is 0 Å². The Bertz CT molecular complexity index is 1440. The average molecular weight is 532 g/mol. The van der Waals surface area contributed by atoms with E-state index in [0.29, 0.717) is 17.9 Å². The van der Waals surface area contributed by atoms with Gasteiger partial charge >= 0.3 is 5.97 Å². The predicted molar refractivity (Wildman–Crippen MR) is 144 cm³/mol. The smallest absolute Gasteiger partial charge is 0.338 e. The lowest BCUT2D eigenvalue weighted by Crippen LogP contribution is -2.29. The number of amides is 1. The van der Waals surface area contributed by atoms with Crippen molar-refractivity contribution in [1.82, 2.24) is 0 Å². The molecular formula is C30H29NO8. The monoisotopic (exact) mass is 531 g/mol. The zero-order chi connectivity index (χ0) is 28.1. The predicted octanol–water partition coefficient (Wildman–Crippen LogP) is 4.99. The second kappa shape index (κ2) is 11.7. The van der Waals surface area contributed by atoms with Crippen molar-refractivity contribution in [3.05, 3.63) is 89.0 Å². The Labute approximate surface area is 225 Å². The van der Waals surface area contributed by atoms with Gasteiger partial charge in [-0.05, 0) is 68.8 Å². The summed E-state index contributed by atoms with van der Waals surface area (Å²) in [6.07, 6.45) is 0. The van der Waals surface area contributed by atoms with E-state index in [4.69, 9.17) is 14.2 Å². The summed E-state index contributed by atoms with van der Waals surface area (Å²) >= 11 is 0. The van der Waals surface area contributed by atoms with Gasteiger partial charge in [0.05, 0.1) is 42.6 Å². The maximum Gasteiger partial charge on any atom is 0.338 e. The van der Waals surface area contributed by atoms with E-state index in [9.17, 15) is 24.6 Å². The summed E-state index contributed by atoms with van der Waals surface area (Å²) in [7, 11) is 0. The van der Waals surface area contributed by atoms with Crippen LogP contribution in [-0.2, 0) is 14.3 Å². The highest BCUT2D eigenvalue weighted by atomic mass is 16.5. The van der Waals surface area contributed by atoms with E-state index < -0.39 is 29.5 Å². The van der Waals surface area contributed by atoms with Crippen molar-refractivity contribution in [3.63, 3.8) is 0 Å². The fourth-order valence-electron chi connectivity index (χ4n) is 4.48. The summed E-state index contributed by atoms with van der Waals surface area (Å²) in [5.74, 6) is -2.18. The van der Waals surface area contributed by atoms with Gasteiger partial charge in [0.1, 0.15) is 23.0 Å². The lowest BCUT2D eigenvalue weighted by atomic mass is 9.94. The van der Waals surface area contributed by atoms with Crippen molar-refractivity contribution in [2.75, 3.05) is 24.7 Å². The molecule has 1 aliphatic rings. The van der Waals surface area contributed by atoms with E-state index in [-0.39, 0.29) is 47.1 Å². The Kier molecular flexibility index (Phi) is 8.19. The van der Waals surface area contributed by atoms with Crippen LogP contribution in [0.2, 0.25) is 0 Å². The number of ketones is 1. The zero-order valence-corrected chi connectivity index (χ0v) is 21.8. The van der Waals surface area contributed by atoms with Crippen LogP contribution in [0.3, 0.4) is 0 Å². The first-order valence-electron chi connectivity index (χ1n) is 12.6. The highest BCUT2D eigenvalue weighted by Gasteiger charge is 2.47. The fraction of sp³-hybridized carbons (Fsp3) is 0.233. The van der Waals surface area contributed by atoms with Crippen LogP contribution in [-0.4, -0.2) is 47.7 Å². The van der Waals surface area contributed by atoms with Crippen molar-refractivity contribution in [2.24, 2.45) is 0 Å². The Hall–Kier alpha value is -4.79. The van der Waals surface area contributed by atoms with Crippen LogP contribution in [0.4, 0.5) is 5.69 Å². The number of esters is 1. The molecule has 0 radical (unpaired) electrons. The van der Waals surface area contributed by atoms with Gasteiger partial charge in [-0.2, -0.15) is 0 Å². The van der Waals surface area contributed by atoms with Crippen LogP contribution >= 0.6 is 0 Å². The highest BCUT2D eigenvalue weighted by Crippen LogP contribution is 2.44. The quantitative estimate of drug-likeness (QED) is 0.171. The number of phenols is 1. The maximum absolute atomic E-state index is 13.5. The first-order chi connectivity index (χ1) is 18.8. The summed E-state index contributed by atoms with van der Waals surface area (Å²) in [5.41, 5.74) is 0.810. The molecule has 1 aliphatic heterocycles. The minimum Gasteiger partial charge on any atom is -0.508 e. The Balaban J connectivity index is 1.93. The molecular weight excluding hydrogens is 502 g/mol. The zero-order valence-electron chi connectivity index (χ0n) is 21.8. The van der Waals surface area contributed by atoms with Gasteiger partial charge in [0, 0.05) is 11.8 Å². The average Bonchev–Trinajstić information content (AvgIpc) is 3.19. The first-order valence-corrected chi connectivity index (χ1v) is 12.6. The number of aromatic hydroxyl groups is 1. The topological polar surface area (TPSA) is 123 Å². The molecule has 4 rings (SSSR count). The van der Waals surface area contributed by atoms with Crippen molar-refractivity contribution in [2.45, 2.75) is 26.8 Å². The Morgan fingerprint density at radius 1 is 0.897 bits per heavy atom. The number of hydrogen-bond acceptors (Lipinski definition) is 8. The van der Waals surface area contributed by atoms with Crippen LogP contribution in [0.15, 0.2) is 72.3 Å². The molecule has 1 amide bonds. The normalized spacial score (nSPS) is 16.3. The summed E-state index contributed by atoms with van der Waals surface area (Å²) in [4.78, 5) is 40.6. The molecule has 1 fully saturated rings. The van der Waals surface area contributed by atoms with Gasteiger partial charge in [0.2, 0.25) is 0 Å². The largest absolute Gasteiger partial charge is 0.508 e. The molecule has 0 saturated carbocycles. The SMILES string of the molecule is CCOC(=O)c1cccc(N2C(=O)C(=O)/C(=C(\O)c3ccc(OCC)cc3OCC)C2c2cccc(O)c2)c1. The van der Waals surface area contributed by atoms with Crippen LogP contribution < -0.4 is 14.4 Å². The molecule has 1 atom stereocenters. The molecule has 39 heavy (non-hydrogen) atoms. The summed E-state index contributed by atoms with van der Waals surface area (Å²) in [6, 6.07) is 15.9. The van der Waals surface area contributed by atoms with Gasteiger partial charge in [-0.25, -0.2) is 4.79 Å². The second-order valence-corrected chi connectivity index (χ2v) is 8.56. The van der Waals surface area contributed by atoms with Gasteiger partial charge in [0.25, 0.3) is 11.7 Å². The van der Waals surface area contributed by atoms with E-state index >= 15 is 0 Å². The molecule has 202 valence electrons. The molecule has 0 aliphatic carbocycles. The Morgan fingerprint density at radius 2 is 1.64 bits per heavy atom. The van der Waals surface area contributed by atoms with Crippen LogP contribution in [0, 0.1) is 0 Å². The van der Waals surface area contributed by atoms with Crippen molar-refractivity contribution >= 4 is 29.1 Å². The van der Waals surface area contributed by atoms with Gasteiger partial charge in [-0.15, -0.1) is 0 Å². The van der Waals surface area contributed by atoms with Gasteiger partial charge in [-0.3, -0.25) is 14.5 Å². The molecule has 3 aromatic rings. The third-order valence-electron chi connectivity index (χ3n) is 6.08. The summed E-state index contributed by atoms with van der Waals surface area (Å²) in [5, 5.41) is 21.8. The Morgan fingerprint density at radius 3 is 2.33 bits per heavy atom. The van der Waals surface area contributed by atoms with Gasteiger partial charge < -0.3 is 24.4 Å². The third-order valence-corrected chi connectivity index (χ3v) is 6.08. The lowest BCUT2D eigenvalue weighted by molar-refractivity contribution is -0.132. The van der Waals surface area contributed by atoms with Crippen LogP contribution in [0.25, 0.3) is 5.76 Å². The summed E-state index contributed by atoms with van der Waals surface area (Å²) < 4.78 is 16.4. The number of carbonyl (C=O) groups is 3. The lowest BCUT2D eigenvalue weighted by Gasteiger charge is -2.26. The molecule has 0 bridgehead atoms. The van der Waals surface area contributed by atoms with Crippen molar-refractivity contribution in [3.8, 4) is 17.2 Å². The molecule has 1 heterocycles. The number of phenolic OH excluding ortho intramolecular Hbond substituents is 1. The molecule has 1 unspecified atom stereocenters. The van der Waals surface area contributed by atoms with E-state index in [1.807, 2.05) is 6.92 Å². The molecule has 3 aromatic carbocycles. The van der Waals surface area contributed by atoms with Gasteiger partial charge in [0.15, 0.2) is 0 Å².